The number of piperazine rings is 1. The molecule has 41 heavy (non-hydrogen) atoms. The Bertz CT molecular complexity index is 1780. The normalized spacial score (nSPS) is 13.7. The highest BCUT2D eigenvalue weighted by Gasteiger charge is 2.24. The van der Waals surface area contributed by atoms with Crippen molar-refractivity contribution >= 4 is 38.3 Å². The maximum absolute atomic E-state index is 14.3. The highest BCUT2D eigenvalue weighted by molar-refractivity contribution is 7.92. The number of carbonyl (C=O) groups excluding carboxylic acids is 1. The number of halogens is 2. The summed E-state index contributed by atoms with van der Waals surface area (Å²) in [6.07, 6.45) is 2.73. The molecule has 0 aliphatic carbocycles. The standard InChI is InChI=1S/C27H24F2N6O5S/c1-3-24(36)34-8-10-35(11-9-34)25-19-12-16(4-6-21(19)31-27(37)32-25)17-13-22(26(40-2)30-15-17)33-41(38,39)23-7-5-18(28)14-20(23)29/h3-7,12-15,33H,1,8-11H2,2H3,(H,31,32,37). The van der Waals surface area contributed by atoms with Gasteiger partial charge in [0.2, 0.25) is 11.8 Å². The van der Waals surface area contributed by atoms with Crippen LogP contribution < -0.4 is 14.4 Å². The fourth-order valence-corrected chi connectivity index (χ4v) is 5.64. The second-order valence-electron chi connectivity index (χ2n) is 9.06. The number of ether oxygens (including phenoxy) is 1. The van der Waals surface area contributed by atoms with E-state index < -0.39 is 32.6 Å². The first kappa shape index (κ1) is 27.7. The van der Waals surface area contributed by atoms with Crippen LogP contribution >= 0.6 is 0 Å². The first-order valence-electron chi connectivity index (χ1n) is 12.3. The quantitative estimate of drug-likeness (QED) is 0.314. The van der Waals surface area contributed by atoms with Gasteiger partial charge in [-0.3, -0.25) is 9.52 Å². The van der Waals surface area contributed by atoms with Crippen molar-refractivity contribution in [3.05, 3.63) is 73.0 Å². The molecule has 3 heterocycles. The molecule has 1 fully saturated rings. The number of hydrogen-bond acceptors (Lipinski definition) is 9. The third-order valence-electron chi connectivity index (χ3n) is 6.53. The van der Waals surface area contributed by atoms with Crippen molar-refractivity contribution in [3.63, 3.8) is 0 Å². The van der Waals surface area contributed by atoms with Crippen molar-refractivity contribution in [3.8, 4) is 23.0 Å². The summed E-state index contributed by atoms with van der Waals surface area (Å²) in [6.45, 7) is 5.33. The molecular formula is C27H24F2N6O5S. The molecule has 1 aliphatic heterocycles. The summed E-state index contributed by atoms with van der Waals surface area (Å²) in [5.41, 5.74) is 1.48. The van der Waals surface area contributed by atoms with E-state index in [-0.39, 0.29) is 17.5 Å². The Morgan fingerprint density at radius 2 is 1.83 bits per heavy atom. The molecule has 5 rings (SSSR count). The van der Waals surface area contributed by atoms with Crippen LogP contribution in [-0.2, 0) is 14.8 Å². The number of methoxy groups -OCH3 is 1. The van der Waals surface area contributed by atoms with Gasteiger partial charge in [0, 0.05) is 49.4 Å². The van der Waals surface area contributed by atoms with Crippen molar-refractivity contribution in [1.82, 2.24) is 19.9 Å². The van der Waals surface area contributed by atoms with Gasteiger partial charge in [-0.2, -0.15) is 9.97 Å². The summed E-state index contributed by atoms with van der Waals surface area (Å²) >= 11 is 0. The van der Waals surface area contributed by atoms with Crippen LogP contribution in [0, 0.1) is 11.6 Å². The monoisotopic (exact) mass is 582 g/mol. The Labute approximate surface area is 233 Å². The number of nitrogens with zero attached hydrogens (tertiary/aromatic N) is 5. The molecule has 2 aromatic heterocycles. The number of nitrogens with one attached hydrogen (secondary N) is 1. The first-order chi connectivity index (χ1) is 19.6. The van der Waals surface area contributed by atoms with E-state index in [0.29, 0.717) is 60.1 Å². The van der Waals surface area contributed by atoms with Crippen LogP contribution in [0.1, 0.15) is 0 Å². The lowest BCUT2D eigenvalue weighted by atomic mass is 10.0. The van der Waals surface area contributed by atoms with E-state index >= 15 is 0 Å². The number of hydrogen-bond donors (Lipinski definition) is 2. The fourth-order valence-electron chi connectivity index (χ4n) is 4.53. The molecule has 0 bridgehead atoms. The van der Waals surface area contributed by atoms with E-state index in [1.807, 2.05) is 4.90 Å². The Morgan fingerprint density at radius 1 is 1.07 bits per heavy atom. The van der Waals surface area contributed by atoms with Gasteiger partial charge in [-0.05, 0) is 42.0 Å². The number of fused-ring (bicyclic) bond motifs is 1. The molecule has 212 valence electrons. The lowest BCUT2D eigenvalue weighted by Gasteiger charge is -2.35. The molecule has 4 aromatic rings. The van der Waals surface area contributed by atoms with Crippen LogP contribution in [0.5, 0.6) is 11.9 Å². The SMILES string of the molecule is C=CC(=O)N1CCN(c2nc(O)nc3ccc(-c4cnc(OC)c(NS(=O)(=O)c5ccc(F)cc5F)c4)cc23)CC1. The van der Waals surface area contributed by atoms with Crippen LogP contribution in [0.3, 0.4) is 0 Å². The van der Waals surface area contributed by atoms with Crippen molar-refractivity contribution in [2.24, 2.45) is 0 Å². The van der Waals surface area contributed by atoms with Gasteiger partial charge in [-0.25, -0.2) is 22.2 Å². The zero-order valence-corrected chi connectivity index (χ0v) is 22.5. The van der Waals surface area contributed by atoms with Crippen LogP contribution in [0.4, 0.5) is 20.3 Å². The second-order valence-corrected chi connectivity index (χ2v) is 10.7. The van der Waals surface area contributed by atoms with E-state index in [4.69, 9.17) is 4.74 Å². The number of amides is 1. The lowest BCUT2D eigenvalue weighted by Crippen LogP contribution is -2.48. The van der Waals surface area contributed by atoms with Gasteiger partial charge >= 0.3 is 6.01 Å². The van der Waals surface area contributed by atoms with E-state index in [0.717, 1.165) is 12.1 Å². The molecule has 1 aliphatic rings. The number of aromatic nitrogens is 3. The maximum atomic E-state index is 14.3. The average Bonchev–Trinajstić information content (AvgIpc) is 2.95. The van der Waals surface area contributed by atoms with Crippen LogP contribution in [-0.4, -0.2) is 72.6 Å². The number of benzene rings is 2. The van der Waals surface area contributed by atoms with Gasteiger partial charge in [0.05, 0.1) is 12.6 Å². The zero-order chi connectivity index (χ0) is 29.3. The maximum Gasteiger partial charge on any atom is 0.316 e. The van der Waals surface area contributed by atoms with Gasteiger partial charge in [-0.1, -0.05) is 12.6 Å². The van der Waals surface area contributed by atoms with E-state index in [2.05, 4.69) is 26.3 Å². The van der Waals surface area contributed by atoms with Crippen molar-refractivity contribution in [1.29, 1.82) is 0 Å². The lowest BCUT2D eigenvalue weighted by molar-refractivity contribution is -0.126. The molecule has 1 saturated heterocycles. The highest BCUT2D eigenvalue weighted by Crippen LogP contribution is 2.34. The third kappa shape index (κ3) is 5.59. The number of pyridine rings is 1. The topological polar surface area (TPSA) is 138 Å². The molecule has 1 amide bonds. The van der Waals surface area contributed by atoms with Crippen molar-refractivity contribution < 1.29 is 31.8 Å². The van der Waals surface area contributed by atoms with Gasteiger partial charge in [0.25, 0.3) is 10.0 Å². The summed E-state index contributed by atoms with van der Waals surface area (Å²) in [4.78, 5) is 27.4. The summed E-state index contributed by atoms with van der Waals surface area (Å²) < 4.78 is 60.9. The molecule has 2 aromatic carbocycles. The fraction of sp³-hybridized carbons (Fsp3) is 0.185. The predicted molar refractivity (Wildman–Crippen MR) is 147 cm³/mol. The number of rotatable bonds is 7. The van der Waals surface area contributed by atoms with E-state index in [1.54, 1.807) is 23.1 Å². The van der Waals surface area contributed by atoms with Gasteiger partial charge in [-0.15, -0.1) is 0 Å². The molecule has 14 heteroatoms. The van der Waals surface area contributed by atoms with Crippen LogP contribution in [0.25, 0.3) is 22.0 Å². The van der Waals surface area contributed by atoms with Crippen molar-refractivity contribution in [2.45, 2.75) is 4.90 Å². The summed E-state index contributed by atoms with van der Waals surface area (Å²) in [5, 5.41) is 10.8. The van der Waals surface area contributed by atoms with Gasteiger partial charge in [0.15, 0.2) is 0 Å². The Morgan fingerprint density at radius 3 is 2.51 bits per heavy atom. The summed E-state index contributed by atoms with van der Waals surface area (Å²) in [6, 6.07) is 8.36. The second kappa shape index (κ2) is 11.0. The molecule has 0 unspecified atom stereocenters. The summed E-state index contributed by atoms with van der Waals surface area (Å²) in [7, 11) is -3.17. The Balaban J connectivity index is 1.51. The Hall–Kier alpha value is -4.85. The number of carbonyl (C=O) groups is 1. The van der Waals surface area contributed by atoms with E-state index in [1.165, 1.54) is 25.4 Å². The molecule has 0 atom stereocenters. The number of aromatic hydroxyl groups is 1. The highest BCUT2D eigenvalue weighted by atomic mass is 32.2. The summed E-state index contributed by atoms with van der Waals surface area (Å²) in [5.74, 6) is -1.93. The number of anilines is 2. The predicted octanol–water partition coefficient (Wildman–Crippen LogP) is 3.32. The molecule has 0 saturated carbocycles. The largest absolute Gasteiger partial charge is 0.480 e. The van der Waals surface area contributed by atoms with Crippen LogP contribution in [0.2, 0.25) is 0 Å². The first-order valence-corrected chi connectivity index (χ1v) is 13.8. The van der Waals surface area contributed by atoms with E-state index in [9.17, 15) is 27.1 Å². The van der Waals surface area contributed by atoms with Crippen molar-refractivity contribution in [2.75, 3.05) is 42.9 Å². The molecule has 11 nitrogen and oxygen atoms in total. The van der Waals surface area contributed by atoms with Crippen LogP contribution in [0.15, 0.2) is 66.2 Å². The minimum Gasteiger partial charge on any atom is -0.480 e. The zero-order valence-electron chi connectivity index (χ0n) is 21.7. The smallest absolute Gasteiger partial charge is 0.316 e. The molecule has 0 radical (unpaired) electrons. The minimum absolute atomic E-state index is 0.0680. The molecule has 0 spiro atoms. The minimum atomic E-state index is -4.47. The number of sulfonamides is 1. The van der Waals surface area contributed by atoms with Gasteiger partial charge < -0.3 is 19.6 Å². The van der Waals surface area contributed by atoms with Gasteiger partial charge in [0.1, 0.15) is 28.0 Å². The molecule has 2 N–H and O–H groups in total. The third-order valence-corrected chi connectivity index (χ3v) is 7.93. The average molecular weight is 583 g/mol. The Kier molecular flexibility index (Phi) is 7.41. The molecular weight excluding hydrogens is 558 g/mol.